The van der Waals surface area contributed by atoms with Crippen LogP contribution in [0.15, 0.2) is 12.4 Å². The fraction of sp³-hybridized carbons (Fsp3) is 0.625. The molecular formula is C8H15N3OS. The van der Waals surface area contributed by atoms with Crippen LogP contribution in [0.25, 0.3) is 0 Å². The Morgan fingerprint density at radius 1 is 1.77 bits per heavy atom. The molecule has 74 valence electrons. The van der Waals surface area contributed by atoms with Crippen molar-refractivity contribution >= 4 is 17.4 Å². The summed E-state index contributed by atoms with van der Waals surface area (Å²) in [6, 6.07) is 0. The van der Waals surface area contributed by atoms with Gasteiger partial charge in [0.25, 0.3) is 0 Å². The van der Waals surface area contributed by atoms with E-state index < -0.39 is 0 Å². The smallest absolute Gasteiger partial charge is 0.0719 e. The summed E-state index contributed by atoms with van der Waals surface area (Å²) in [7, 11) is 0. The fourth-order valence-corrected chi connectivity index (χ4v) is 1.70. The summed E-state index contributed by atoms with van der Waals surface area (Å²) in [6.07, 6.45) is 3.45. The monoisotopic (exact) mass is 201 g/mol. The predicted molar refractivity (Wildman–Crippen MR) is 55.6 cm³/mol. The lowest BCUT2D eigenvalue weighted by Gasteiger charge is -2.06. The van der Waals surface area contributed by atoms with Crippen LogP contribution in [0.4, 0.5) is 5.69 Å². The third-order valence-corrected chi connectivity index (χ3v) is 2.77. The lowest BCUT2D eigenvalue weighted by Crippen LogP contribution is -2.07. The Kier molecular flexibility index (Phi) is 4.11. The number of anilines is 1. The SMILES string of the molecule is CC(CO)SCCn1cc(N)cn1. The van der Waals surface area contributed by atoms with E-state index in [0.29, 0.717) is 10.9 Å². The topological polar surface area (TPSA) is 64.1 Å². The molecule has 0 bridgehead atoms. The van der Waals surface area contributed by atoms with Crippen molar-refractivity contribution in [2.24, 2.45) is 0 Å². The van der Waals surface area contributed by atoms with Gasteiger partial charge in [-0.15, -0.1) is 0 Å². The van der Waals surface area contributed by atoms with Crippen LogP contribution in [-0.4, -0.2) is 32.5 Å². The highest BCUT2D eigenvalue weighted by Gasteiger charge is 2.00. The first-order valence-corrected chi connectivity index (χ1v) is 5.27. The van der Waals surface area contributed by atoms with E-state index in [1.54, 1.807) is 18.0 Å². The lowest BCUT2D eigenvalue weighted by molar-refractivity contribution is 0.300. The van der Waals surface area contributed by atoms with Crippen LogP contribution in [0.1, 0.15) is 6.92 Å². The van der Waals surface area contributed by atoms with Crippen molar-refractivity contribution in [3.05, 3.63) is 12.4 Å². The van der Waals surface area contributed by atoms with Crippen molar-refractivity contribution < 1.29 is 5.11 Å². The van der Waals surface area contributed by atoms with E-state index in [0.717, 1.165) is 12.3 Å². The summed E-state index contributed by atoms with van der Waals surface area (Å²) in [6.45, 7) is 3.07. The molecule has 0 saturated carbocycles. The molecule has 0 aliphatic rings. The quantitative estimate of drug-likeness (QED) is 0.731. The zero-order valence-corrected chi connectivity index (χ0v) is 8.50. The first kappa shape index (κ1) is 10.4. The molecule has 0 fully saturated rings. The number of thioether (sulfide) groups is 1. The van der Waals surface area contributed by atoms with Crippen LogP contribution >= 0.6 is 11.8 Å². The summed E-state index contributed by atoms with van der Waals surface area (Å²) >= 11 is 1.73. The van der Waals surface area contributed by atoms with Gasteiger partial charge in [0.2, 0.25) is 0 Å². The summed E-state index contributed by atoms with van der Waals surface area (Å²) < 4.78 is 1.81. The maximum absolute atomic E-state index is 8.77. The minimum Gasteiger partial charge on any atom is -0.396 e. The van der Waals surface area contributed by atoms with Gasteiger partial charge in [0.15, 0.2) is 0 Å². The Morgan fingerprint density at radius 3 is 3.08 bits per heavy atom. The Morgan fingerprint density at radius 2 is 2.54 bits per heavy atom. The van der Waals surface area contributed by atoms with Gasteiger partial charge in [-0.3, -0.25) is 4.68 Å². The number of aromatic nitrogens is 2. The molecule has 0 aliphatic heterocycles. The van der Waals surface area contributed by atoms with Crippen molar-refractivity contribution in [3.63, 3.8) is 0 Å². The third kappa shape index (κ3) is 3.69. The molecule has 1 atom stereocenters. The molecule has 1 unspecified atom stereocenters. The normalized spacial score (nSPS) is 13.1. The average molecular weight is 201 g/mol. The maximum Gasteiger partial charge on any atom is 0.0719 e. The second kappa shape index (κ2) is 5.14. The molecule has 1 heterocycles. The van der Waals surface area contributed by atoms with Crippen LogP contribution < -0.4 is 5.73 Å². The zero-order valence-electron chi connectivity index (χ0n) is 7.68. The van der Waals surface area contributed by atoms with Crippen molar-refractivity contribution in [2.45, 2.75) is 18.7 Å². The number of rotatable bonds is 5. The van der Waals surface area contributed by atoms with E-state index in [1.165, 1.54) is 0 Å². The molecule has 3 N–H and O–H groups in total. The van der Waals surface area contributed by atoms with E-state index in [-0.39, 0.29) is 6.61 Å². The molecule has 13 heavy (non-hydrogen) atoms. The highest BCUT2D eigenvalue weighted by molar-refractivity contribution is 7.99. The Labute approximate surface area is 82.1 Å². The first-order chi connectivity index (χ1) is 6.22. The molecule has 5 heteroatoms. The zero-order chi connectivity index (χ0) is 9.68. The highest BCUT2D eigenvalue weighted by atomic mass is 32.2. The van der Waals surface area contributed by atoms with E-state index in [9.17, 15) is 0 Å². The molecule has 1 aromatic heterocycles. The largest absolute Gasteiger partial charge is 0.396 e. The van der Waals surface area contributed by atoms with Crippen molar-refractivity contribution in [2.75, 3.05) is 18.1 Å². The fourth-order valence-electron chi connectivity index (χ4n) is 0.902. The second-order valence-corrected chi connectivity index (χ2v) is 4.45. The number of nitrogen functional groups attached to an aromatic ring is 1. The molecule has 4 nitrogen and oxygen atoms in total. The molecule has 1 aromatic rings. The van der Waals surface area contributed by atoms with Gasteiger partial charge >= 0.3 is 0 Å². The molecule has 0 spiro atoms. The van der Waals surface area contributed by atoms with Gasteiger partial charge in [-0.05, 0) is 0 Å². The number of aliphatic hydroxyl groups is 1. The third-order valence-electron chi connectivity index (χ3n) is 1.63. The van der Waals surface area contributed by atoms with E-state index >= 15 is 0 Å². The summed E-state index contributed by atoms with van der Waals surface area (Å²) in [5.74, 6) is 0.947. The lowest BCUT2D eigenvalue weighted by atomic mass is 10.5. The van der Waals surface area contributed by atoms with Gasteiger partial charge in [-0.1, -0.05) is 6.92 Å². The highest BCUT2D eigenvalue weighted by Crippen LogP contribution is 2.09. The number of aryl methyl sites for hydroxylation is 1. The van der Waals surface area contributed by atoms with Crippen molar-refractivity contribution in [1.82, 2.24) is 9.78 Å². The van der Waals surface area contributed by atoms with Gasteiger partial charge in [-0.2, -0.15) is 16.9 Å². The Balaban J connectivity index is 2.20. The molecule has 0 radical (unpaired) electrons. The predicted octanol–water partition coefficient (Wildman–Crippen LogP) is 0.579. The molecular weight excluding hydrogens is 186 g/mol. The molecule has 0 aliphatic carbocycles. The van der Waals surface area contributed by atoms with E-state index in [2.05, 4.69) is 5.10 Å². The molecule has 0 aromatic carbocycles. The van der Waals surface area contributed by atoms with Gasteiger partial charge in [0.1, 0.15) is 0 Å². The minimum atomic E-state index is 0.228. The summed E-state index contributed by atoms with van der Waals surface area (Å²) in [4.78, 5) is 0. The van der Waals surface area contributed by atoms with Crippen LogP contribution in [-0.2, 0) is 6.54 Å². The van der Waals surface area contributed by atoms with E-state index in [1.807, 2.05) is 17.8 Å². The van der Waals surface area contributed by atoms with E-state index in [4.69, 9.17) is 10.8 Å². The minimum absolute atomic E-state index is 0.228. The number of nitrogens with two attached hydrogens (primary N) is 1. The number of hydrogen-bond acceptors (Lipinski definition) is 4. The van der Waals surface area contributed by atoms with Gasteiger partial charge in [0, 0.05) is 17.2 Å². The summed E-state index contributed by atoms with van der Waals surface area (Å²) in [5.41, 5.74) is 6.20. The molecule has 0 amide bonds. The number of nitrogens with zero attached hydrogens (tertiary/aromatic N) is 2. The van der Waals surface area contributed by atoms with Crippen LogP contribution in [0, 0.1) is 0 Å². The Bertz CT molecular complexity index is 251. The standard InChI is InChI=1S/C8H15N3OS/c1-7(6-12)13-3-2-11-5-8(9)4-10-11/h4-5,7,12H,2-3,6,9H2,1H3. The van der Waals surface area contributed by atoms with Crippen molar-refractivity contribution in [3.8, 4) is 0 Å². The maximum atomic E-state index is 8.77. The average Bonchev–Trinajstić information content (AvgIpc) is 2.51. The van der Waals surface area contributed by atoms with Gasteiger partial charge in [0.05, 0.1) is 25.0 Å². The van der Waals surface area contributed by atoms with Crippen LogP contribution in [0.3, 0.4) is 0 Å². The number of hydrogen-bond donors (Lipinski definition) is 2. The van der Waals surface area contributed by atoms with Crippen LogP contribution in [0.2, 0.25) is 0 Å². The van der Waals surface area contributed by atoms with Gasteiger partial charge < -0.3 is 10.8 Å². The molecule has 1 rings (SSSR count). The summed E-state index contributed by atoms with van der Waals surface area (Å²) in [5, 5.41) is 13.1. The Hall–Kier alpha value is -0.680. The molecule has 0 saturated heterocycles. The first-order valence-electron chi connectivity index (χ1n) is 4.22. The second-order valence-electron chi connectivity index (χ2n) is 2.90. The number of aliphatic hydroxyl groups excluding tert-OH is 1. The van der Waals surface area contributed by atoms with Crippen LogP contribution in [0.5, 0.6) is 0 Å². The van der Waals surface area contributed by atoms with Crippen molar-refractivity contribution in [1.29, 1.82) is 0 Å². The van der Waals surface area contributed by atoms with Gasteiger partial charge in [-0.25, -0.2) is 0 Å².